The van der Waals surface area contributed by atoms with Crippen LogP contribution in [0, 0.1) is 11.3 Å². The van der Waals surface area contributed by atoms with E-state index in [2.05, 4.69) is 28.8 Å². The molecular weight excluding hydrogens is 187 g/mol. The zero-order valence-electron chi connectivity index (χ0n) is 9.13. The highest BCUT2D eigenvalue weighted by Crippen LogP contribution is 2.56. The molecule has 0 N–H and O–H groups in total. The SMILES string of the molecule is C=C/C=C1\CCC[C@]2(C)[C@@H](P)CC[C@@H]12. The summed E-state index contributed by atoms with van der Waals surface area (Å²) in [6, 6.07) is 0. The molecule has 0 spiro atoms. The second-order valence-corrected chi connectivity index (χ2v) is 5.88. The van der Waals surface area contributed by atoms with Crippen molar-refractivity contribution in [3.05, 3.63) is 24.3 Å². The molecule has 1 heteroatoms. The molecule has 0 aromatic carbocycles. The summed E-state index contributed by atoms with van der Waals surface area (Å²) in [6.45, 7) is 6.31. The molecule has 0 saturated heterocycles. The molecule has 0 bridgehead atoms. The first-order valence-corrected chi connectivity index (χ1v) is 6.42. The van der Waals surface area contributed by atoms with Crippen LogP contribution in [0.3, 0.4) is 0 Å². The monoisotopic (exact) mass is 208 g/mol. The molecule has 14 heavy (non-hydrogen) atoms. The Morgan fingerprint density at radius 1 is 1.50 bits per heavy atom. The Kier molecular flexibility index (Phi) is 2.84. The summed E-state index contributed by atoms with van der Waals surface area (Å²) in [5.74, 6) is 0.844. The summed E-state index contributed by atoms with van der Waals surface area (Å²) >= 11 is 0. The molecular formula is C13H21P. The molecule has 2 aliphatic rings. The van der Waals surface area contributed by atoms with Crippen molar-refractivity contribution in [2.24, 2.45) is 11.3 Å². The van der Waals surface area contributed by atoms with Gasteiger partial charge in [-0.1, -0.05) is 31.2 Å². The summed E-state index contributed by atoms with van der Waals surface area (Å²) in [6.07, 6.45) is 11.1. The van der Waals surface area contributed by atoms with Crippen LogP contribution >= 0.6 is 9.24 Å². The maximum Gasteiger partial charge on any atom is -0.0140 e. The zero-order chi connectivity index (χ0) is 10.2. The van der Waals surface area contributed by atoms with Gasteiger partial charge in [0.2, 0.25) is 0 Å². The minimum Gasteiger partial charge on any atom is -0.134 e. The summed E-state index contributed by atoms with van der Waals surface area (Å²) in [5, 5.41) is 0. The van der Waals surface area contributed by atoms with Crippen LogP contribution in [0.5, 0.6) is 0 Å². The van der Waals surface area contributed by atoms with Gasteiger partial charge in [0.05, 0.1) is 0 Å². The average molecular weight is 208 g/mol. The first kappa shape index (κ1) is 10.4. The lowest BCUT2D eigenvalue weighted by Crippen LogP contribution is -2.33. The van der Waals surface area contributed by atoms with Crippen LogP contribution in [0.4, 0.5) is 0 Å². The highest BCUT2D eigenvalue weighted by Gasteiger charge is 2.47. The van der Waals surface area contributed by atoms with Crippen LogP contribution in [0.25, 0.3) is 0 Å². The van der Waals surface area contributed by atoms with Crippen molar-refractivity contribution < 1.29 is 0 Å². The standard InChI is InChI=1S/C13H21P/c1-3-5-10-6-4-9-13(2)11(10)7-8-12(13)14/h3,5,11-12H,1,4,6-9,14H2,2H3/b10-5+/t11-,12-,13-/m0/s1. The highest BCUT2D eigenvalue weighted by molar-refractivity contribution is 7.17. The van der Waals surface area contributed by atoms with Crippen LogP contribution in [0.2, 0.25) is 0 Å². The fraction of sp³-hybridized carbons (Fsp3) is 0.692. The number of hydrogen-bond acceptors (Lipinski definition) is 0. The number of hydrogen-bond donors (Lipinski definition) is 0. The van der Waals surface area contributed by atoms with Gasteiger partial charge in [-0.25, -0.2) is 0 Å². The summed E-state index contributed by atoms with van der Waals surface area (Å²) in [4.78, 5) is 0. The van der Waals surface area contributed by atoms with E-state index in [0.29, 0.717) is 5.41 Å². The van der Waals surface area contributed by atoms with E-state index < -0.39 is 0 Å². The molecule has 2 saturated carbocycles. The van der Waals surface area contributed by atoms with Crippen molar-refractivity contribution in [1.29, 1.82) is 0 Å². The van der Waals surface area contributed by atoms with Crippen molar-refractivity contribution in [2.45, 2.75) is 44.7 Å². The van der Waals surface area contributed by atoms with Gasteiger partial charge >= 0.3 is 0 Å². The molecule has 0 amide bonds. The Bertz CT molecular complexity index is 266. The van der Waals surface area contributed by atoms with Crippen molar-refractivity contribution in [2.75, 3.05) is 0 Å². The van der Waals surface area contributed by atoms with Gasteiger partial charge in [0, 0.05) is 0 Å². The fourth-order valence-electron chi connectivity index (χ4n) is 3.43. The van der Waals surface area contributed by atoms with Gasteiger partial charge in [0.1, 0.15) is 0 Å². The maximum atomic E-state index is 3.83. The molecule has 0 aliphatic heterocycles. The zero-order valence-corrected chi connectivity index (χ0v) is 10.3. The Morgan fingerprint density at radius 3 is 3.00 bits per heavy atom. The Hall–Kier alpha value is -0.0900. The Morgan fingerprint density at radius 2 is 2.29 bits per heavy atom. The van der Waals surface area contributed by atoms with E-state index in [0.717, 1.165) is 11.6 Å². The van der Waals surface area contributed by atoms with Crippen molar-refractivity contribution in [1.82, 2.24) is 0 Å². The lowest BCUT2D eigenvalue weighted by atomic mass is 9.67. The lowest BCUT2D eigenvalue weighted by Gasteiger charge is -2.41. The third kappa shape index (κ3) is 1.48. The minimum atomic E-state index is 0.567. The molecule has 78 valence electrons. The predicted molar refractivity (Wildman–Crippen MR) is 66.5 cm³/mol. The largest absolute Gasteiger partial charge is 0.134 e. The summed E-state index contributed by atoms with van der Waals surface area (Å²) in [5.41, 5.74) is 3.07. The van der Waals surface area contributed by atoms with Crippen LogP contribution in [0.15, 0.2) is 24.3 Å². The normalized spacial score (nSPS) is 45.1. The van der Waals surface area contributed by atoms with E-state index in [1.165, 1.54) is 32.1 Å². The van der Waals surface area contributed by atoms with Crippen LogP contribution < -0.4 is 0 Å². The van der Waals surface area contributed by atoms with Gasteiger partial charge in [0.25, 0.3) is 0 Å². The lowest BCUT2D eigenvalue weighted by molar-refractivity contribution is 0.208. The molecule has 0 aromatic heterocycles. The highest BCUT2D eigenvalue weighted by atomic mass is 31.0. The summed E-state index contributed by atoms with van der Waals surface area (Å²) < 4.78 is 0. The molecule has 0 aromatic rings. The molecule has 0 heterocycles. The molecule has 2 aliphatic carbocycles. The smallest absolute Gasteiger partial charge is 0.0140 e. The van der Waals surface area contributed by atoms with Crippen molar-refractivity contribution in [3.8, 4) is 0 Å². The topological polar surface area (TPSA) is 0 Å². The van der Waals surface area contributed by atoms with E-state index >= 15 is 0 Å². The summed E-state index contributed by atoms with van der Waals surface area (Å²) in [7, 11) is 3.07. The maximum absolute atomic E-state index is 3.83. The van der Waals surface area contributed by atoms with E-state index in [1.54, 1.807) is 5.57 Å². The number of rotatable bonds is 1. The number of allylic oxidation sites excluding steroid dienone is 3. The molecule has 2 fully saturated rings. The van der Waals surface area contributed by atoms with Crippen LogP contribution in [-0.2, 0) is 0 Å². The number of fused-ring (bicyclic) bond motifs is 1. The minimum absolute atomic E-state index is 0.567. The van der Waals surface area contributed by atoms with Gasteiger partial charge in [-0.3, -0.25) is 0 Å². The van der Waals surface area contributed by atoms with E-state index in [-0.39, 0.29) is 0 Å². The molecule has 0 radical (unpaired) electrons. The quantitative estimate of drug-likeness (QED) is 0.572. The van der Waals surface area contributed by atoms with E-state index in [1.807, 2.05) is 6.08 Å². The molecule has 4 atom stereocenters. The predicted octanol–water partition coefficient (Wildman–Crippen LogP) is 3.94. The Labute approximate surface area is 90.1 Å². The van der Waals surface area contributed by atoms with Crippen LogP contribution in [-0.4, -0.2) is 5.66 Å². The molecule has 1 unspecified atom stereocenters. The average Bonchev–Trinajstić information content (AvgIpc) is 2.45. The van der Waals surface area contributed by atoms with Gasteiger partial charge in [-0.05, 0) is 49.1 Å². The molecule has 2 rings (SSSR count). The van der Waals surface area contributed by atoms with Crippen molar-refractivity contribution in [3.63, 3.8) is 0 Å². The van der Waals surface area contributed by atoms with E-state index in [4.69, 9.17) is 0 Å². The first-order valence-electron chi connectivity index (χ1n) is 5.75. The second kappa shape index (κ2) is 3.81. The van der Waals surface area contributed by atoms with E-state index in [9.17, 15) is 0 Å². The van der Waals surface area contributed by atoms with Gasteiger partial charge < -0.3 is 0 Å². The van der Waals surface area contributed by atoms with Crippen LogP contribution in [0.1, 0.15) is 39.0 Å². The van der Waals surface area contributed by atoms with Gasteiger partial charge in [-0.15, -0.1) is 9.24 Å². The molecule has 0 nitrogen and oxygen atoms in total. The third-order valence-corrected chi connectivity index (χ3v) is 5.46. The van der Waals surface area contributed by atoms with Gasteiger partial charge in [0.15, 0.2) is 0 Å². The Balaban J connectivity index is 2.28. The van der Waals surface area contributed by atoms with Crippen molar-refractivity contribution >= 4 is 9.24 Å². The first-order chi connectivity index (χ1) is 6.68. The third-order valence-electron chi connectivity index (χ3n) is 4.37. The fourth-order valence-corrected chi connectivity index (χ4v) is 4.02. The van der Waals surface area contributed by atoms with Gasteiger partial charge in [-0.2, -0.15) is 0 Å². The second-order valence-electron chi connectivity index (χ2n) is 5.07.